The smallest absolute Gasteiger partial charge is 0.329 e. The number of nitrogens with two attached hydrogens (primary N) is 1. The largest absolute Gasteiger partial charge is 0.456 e. The summed E-state index contributed by atoms with van der Waals surface area (Å²) in [5, 5.41) is 5.88. The van der Waals surface area contributed by atoms with Crippen LogP contribution in [-0.4, -0.2) is 32.9 Å². The third kappa shape index (κ3) is 6.63. The van der Waals surface area contributed by atoms with Gasteiger partial charge in [-0.1, -0.05) is 66.7 Å². The van der Waals surface area contributed by atoms with Crippen LogP contribution in [0.15, 0.2) is 84.9 Å². The fourth-order valence-corrected chi connectivity index (χ4v) is 3.50. The molecule has 0 spiro atoms. The van der Waals surface area contributed by atoms with Crippen LogP contribution in [0.5, 0.6) is 0 Å². The monoisotopic (exact) mass is 482 g/mol. The second kappa shape index (κ2) is 11.6. The molecule has 1 atom stereocenters. The van der Waals surface area contributed by atoms with E-state index in [2.05, 4.69) is 25.6 Å². The first-order valence-electron chi connectivity index (χ1n) is 11.4. The molecule has 0 saturated heterocycles. The molecule has 0 bridgehead atoms. The van der Waals surface area contributed by atoms with Crippen LogP contribution in [0.2, 0.25) is 0 Å². The van der Waals surface area contributed by atoms with Crippen molar-refractivity contribution >= 4 is 29.5 Å². The molecular weight excluding hydrogens is 456 g/mol. The molecule has 182 valence electrons. The van der Waals surface area contributed by atoms with Crippen molar-refractivity contribution in [2.45, 2.75) is 26.0 Å². The van der Waals surface area contributed by atoms with E-state index >= 15 is 0 Å². The first-order valence-corrected chi connectivity index (χ1v) is 11.4. The molecular formula is C27H26N6O3. The van der Waals surface area contributed by atoms with Crippen molar-refractivity contribution in [1.82, 2.24) is 20.3 Å². The molecule has 0 aliphatic carbocycles. The van der Waals surface area contributed by atoms with Gasteiger partial charge in [0.1, 0.15) is 6.04 Å². The minimum atomic E-state index is -0.913. The number of benzene rings is 3. The Bertz CT molecular complexity index is 1330. The van der Waals surface area contributed by atoms with Gasteiger partial charge >= 0.3 is 5.97 Å². The maximum absolute atomic E-state index is 13.0. The minimum absolute atomic E-state index is 0.00894. The number of hydrogen-bond acceptors (Lipinski definition) is 8. The van der Waals surface area contributed by atoms with E-state index in [1.165, 1.54) is 0 Å². The van der Waals surface area contributed by atoms with Crippen molar-refractivity contribution in [2.24, 2.45) is 0 Å². The average Bonchev–Trinajstić information content (AvgIpc) is 2.89. The van der Waals surface area contributed by atoms with E-state index in [4.69, 9.17) is 10.5 Å². The van der Waals surface area contributed by atoms with Gasteiger partial charge in [0.25, 0.3) is 5.91 Å². The molecule has 9 nitrogen and oxygen atoms in total. The van der Waals surface area contributed by atoms with E-state index in [-0.39, 0.29) is 36.7 Å². The molecule has 0 radical (unpaired) electrons. The van der Waals surface area contributed by atoms with Crippen LogP contribution < -0.4 is 16.4 Å². The van der Waals surface area contributed by atoms with Crippen LogP contribution in [-0.2, 0) is 22.6 Å². The molecule has 4 rings (SSSR count). The van der Waals surface area contributed by atoms with Crippen LogP contribution in [0.4, 0.5) is 17.6 Å². The van der Waals surface area contributed by atoms with E-state index in [0.29, 0.717) is 5.56 Å². The number of carbonyl (C=O) groups excluding carboxylic acids is 2. The summed E-state index contributed by atoms with van der Waals surface area (Å²) in [6, 6.07) is 24.8. The van der Waals surface area contributed by atoms with Gasteiger partial charge in [0, 0.05) is 17.7 Å². The summed E-state index contributed by atoms with van der Waals surface area (Å²) in [5.74, 6) is -0.579. The van der Waals surface area contributed by atoms with Gasteiger partial charge in [0.2, 0.25) is 11.9 Å². The van der Waals surface area contributed by atoms with Crippen LogP contribution in [0.3, 0.4) is 0 Å². The van der Waals surface area contributed by atoms with Crippen LogP contribution in [0.25, 0.3) is 0 Å². The Kier molecular flexibility index (Phi) is 7.82. The van der Waals surface area contributed by atoms with Crippen molar-refractivity contribution in [3.63, 3.8) is 0 Å². The zero-order chi connectivity index (χ0) is 25.3. The quantitative estimate of drug-likeness (QED) is 0.308. The number of nitrogens with zero attached hydrogens (tertiary/aromatic N) is 3. The molecule has 4 N–H and O–H groups in total. The molecule has 1 amide bonds. The molecule has 0 aliphatic rings. The summed E-state index contributed by atoms with van der Waals surface area (Å²) >= 11 is 0. The lowest BCUT2D eigenvalue weighted by molar-refractivity contribution is -0.147. The summed E-state index contributed by atoms with van der Waals surface area (Å²) in [5.41, 5.74) is 8.99. The summed E-state index contributed by atoms with van der Waals surface area (Å²) in [4.78, 5) is 38.3. The average molecular weight is 483 g/mol. The van der Waals surface area contributed by atoms with E-state index in [0.717, 1.165) is 16.8 Å². The molecule has 9 heteroatoms. The van der Waals surface area contributed by atoms with Crippen molar-refractivity contribution in [3.05, 3.63) is 107 Å². The van der Waals surface area contributed by atoms with Gasteiger partial charge in [-0.2, -0.15) is 15.0 Å². The number of aryl methyl sites for hydroxylation is 1. The number of hydrogen-bond donors (Lipinski definition) is 3. The molecule has 0 saturated carbocycles. The Balaban J connectivity index is 1.46. The molecule has 3 aromatic carbocycles. The number of aromatic nitrogens is 3. The third-order valence-electron chi connectivity index (χ3n) is 5.34. The maximum atomic E-state index is 13.0. The predicted molar refractivity (Wildman–Crippen MR) is 136 cm³/mol. The highest BCUT2D eigenvalue weighted by Gasteiger charge is 2.24. The van der Waals surface area contributed by atoms with E-state index in [1.807, 2.05) is 67.6 Å². The number of amides is 1. The summed E-state index contributed by atoms with van der Waals surface area (Å²) in [6.45, 7) is 1.71. The number of esters is 1. The van der Waals surface area contributed by atoms with Gasteiger partial charge in [-0.25, -0.2) is 4.79 Å². The van der Waals surface area contributed by atoms with Gasteiger partial charge in [-0.15, -0.1) is 0 Å². The van der Waals surface area contributed by atoms with Gasteiger partial charge in [0.15, 0.2) is 12.4 Å². The van der Waals surface area contributed by atoms with E-state index < -0.39 is 12.0 Å². The number of para-hydroxylation sites is 1. The third-order valence-corrected chi connectivity index (χ3v) is 5.34. The Morgan fingerprint density at radius 3 is 2.28 bits per heavy atom. The first-order chi connectivity index (χ1) is 17.5. The first kappa shape index (κ1) is 24.3. The number of nitrogen functional groups attached to an aromatic ring is 1. The van der Waals surface area contributed by atoms with Crippen LogP contribution in [0, 0.1) is 6.92 Å². The second-order valence-corrected chi connectivity index (χ2v) is 8.06. The number of anilines is 3. The lowest BCUT2D eigenvalue weighted by Gasteiger charge is -2.18. The van der Waals surface area contributed by atoms with Crippen molar-refractivity contribution < 1.29 is 14.3 Å². The minimum Gasteiger partial charge on any atom is -0.456 e. The van der Waals surface area contributed by atoms with Crippen molar-refractivity contribution in [2.75, 3.05) is 11.1 Å². The summed E-state index contributed by atoms with van der Waals surface area (Å²) < 4.78 is 5.49. The standard InChI is InChI=1S/C27H26N6O3/c1-18-10-8-9-15-21(18)30-27-32-23(31-26(28)33-27)17-36-25(35)22(16-19-11-4-2-5-12-19)29-24(34)20-13-6-3-7-14-20/h2-15,22H,16-17H2,1H3,(H,29,34)(H3,28,30,31,32,33). The lowest BCUT2D eigenvalue weighted by atomic mass is 10.1. The Labute approximate surface area is 208 Å². The molecule has 1 aromatic heterocycles. The fraction of sp³-hybridized carbons (Fsp3) is 0.148. The van der Waals surface area contributed by atoms with Crippen LogP contribution in [0.1, 0.15) is 27.3 Å². The molecule has 4 aromatic rings. The number of ether oxygens (including phenoxy) is 1. The number of carbonyl (C=O) groups is 2. The highest BCUT2D eigenvalue weighted by Crippen LogP contribution is 2.18. The second-order valence-electron chi connectivity index (χ2n) is 8.06. The highest BCUT2D eigenvalue weighted by atomic mass is 16.5. The zero-order valence-electron chi connectivity index (χ0n) is 19.7. The Morgan fingerprint density at radius 1 is 0.889 bits per heavy atom. The van der Waals surface area contributed by atoms with Crippen molar-refractivity contribution in [1.29, 1.82) is 0 Å². The molecule has 0 aliphatic heterocycles. The van der Waals surface area contributed by atoms with E-state index in [1.54, 1.807) is 24.3 Å². The topological polar surface area (TPSA) is 132 Å². The fourth-order valence-electron chi connectivity index (χ4n) is 3.50. The molecule has 1 heterocycles. The SMILES string of the molecule is Cc1ccccc1Nc1nc(N)nc(COC(=O)C(Cc2ccccc2)NC(=O)c2ccccc2)n1. The Morgan fingerprint density at radius 2 is 1.56 bits per heavy atom. The normalized spacial score (nSPS) is 11.4. The predicted octanol–water partition coefficient (Wildman–Crippen LogP) is 3.59. The van der Waals surface area contributed by atoms with Crippen LogP contribution >= 0.6 is 0 Å². The zero-order valence-corrected chi connectivity index (χ0v) is 19.7. The maximum Gasteiger partial charge on any atom is 0.329 e. The highest BCUT2D eigenvalue weighted by molar-refractivity contribution is 5.96. The molecule has 1 unspecified atom stereocenters. The van der Waals surface area contributed by atoms with Gasteiger partial charge < -0.3 is 21.1 Å². The Hall–Kier alpha value is -4.79. The van der Waals surface area contributed by atoms with Gasteiger partial charge in [0.05, 0.1) is 0 Å². The van der Waals surface area contributed by atoms with Crippen molar-refractivity contribution in [3.8, 4) is 0 Å². The van der Waals surface area contributed by atoms with Gasteiger partial charge in [-0.05, 0) is 36.2 Å². The summed E-state index contributed by atoms with van der Waals surface area (Å²) in [7, 11) is 0. The number of rotatable bonds is 9. The number of nitrogens with one attached hydrogen (secondary N) is 2. The van der Waals surface area contributed by atoms with Gasteiger partial charge in [-0.3, -0.25) is 4.79 Å². The summed E-state index contributed by atoms with van der Waals surface area (Å²) in [6.07, 6.45) is 0.262. The lowest BCUT2D eigenvalue weighted by Crippen LogP contribution is -2.43. The molecule has 36 heavy (non-hydrogen) atoms. The molecule has 0 fully saturated rings. The van der Waals surface area contributed by atoms with E-state index in [9.17, 15) is 9.59 Å².